The van der Waals surface area contributed by atoms with Crippen molar-refractivity contribution in [1.82, 2.24) is 0 Å². The van der Waals surface area contributed by atoms with Gasteiger partial charge in [0.15, 0.2) is 0 Å². The van der Waals surface area contributed by atoms with Gasteiger partial charge in [-0.2, -0.15) is 0 Å². The van der Waals surface area contributed by atoms with E-state index >= 15 is 0 Å². The molecular formula is C17H38O2Si2. The Morgan fingerprint density at radius 1 is 0.905 bits per heavy atom. The molecule has 126 valence electrons. The van der Waals surface area contributed by atoms with Crippen LogP contribution in [0.3, 0.4) is 0 Å². The van der Waals surface area contributed by atoms with Crippen LogP contribution in [0.15, 0.2) is 25.3 Å². The molecule has 0 aromatic carbocycles. The predicted octanol–water partition coefficient (Wildman–Crippen LogP) is 6.44. The smallest absolute Gasteiger partial charge is 0.113 e. The van der Waals surface area contributed by atoms with E-state index in [1.165, 1.54) is 0 Å². The summed E-state index contributed by atoms with van der Waals surface area (Å²) in [5.41, 5.74) is 0. The van der Waals surface area contributed by atoms with Gasteiger partial charge in [-0.3, -0.25) is 5.26 Å². The monoisotopic (exact) mass is 330 g/mol. The lowest BCUT2D eigenvalue weighted by Crippen LogP contribution is -2.43. The maximum absolute atomic E-state index is 8.68. The zero-order valence-corrected chi connectivity index (χ0v) is 18.0. The van der Waals surface area contributed by atoms with Gasteiger partial charge in [-0.15, -0.1) is 13.2 Å². The van der Waals surface area contributed by atoms with Crippen LogP contribution in [-0.4, -0.2) is 27.5 Å². The van der Waals surface area contributed by atoms with Gasteiger partial charge in [-0.25, -0.2) is 4.89 Å². The van der Waals surface area contributed by atoms with Gasteiger partial charge < -0.3 is 0 Å². The second kappa shape index (κ2) is 7.90. The highest BCUT2D eigenvalue weighted by Crippen LogP contribution is 2.42. The molecule has 0 fully saturated rings. The van der Waals surface area contributed by atoms with E-state index < -0.39 is 16.1 Å². The highest BCUT2D eigenvalue weighted by Gasteiger charge is 2.41. The third-order valence-electron chi connectivity index (χ3n) is 5.42. The van der Waals surface area contributed by atoms with Crippen molar-refractivity contribution in [1.29, 1.82) is 0 Å². The minimum atomic E-state index is -1.35. The largest absolute Gasteiger partial charge is 0.251 e. The summed E-state index contributed by atoms with van der Waals surface area (Å²) in [5, 5.41) is 9.06. The van der Waals surface area contributed by atoms with Crippen LogP contribution in [0.4, 0.5) is 0 Å². The molecule has 0 aromatic heterocycles. The van der Waals surface area contributed by atoms with E-state index in [9.17, 15) is 0 Å². The lowest BCUT2D eigenvalue weighted by molar-refractivity contribution is -0.272. The third kappa shape index (κ3) is 6.63. The standard InChI is InChI=1S/C9H20O2Si.C8H18Si/c1-7-8(11-10)9(2,3)12(4,5)6;1-7-8(2,3)9(4,5)6/h7-8,10H,1H2,2-6H3;7H,1H2,2-6H3. The van der Waals surface area contributed by atoms with Gasteiger partial charge in [0.1, 0.15) is 6.10 Å². The number of allylic oxidation sites excluding steroid dienone is 1. The zero-order valence-electron chi connectivity index (χ0n) is 16.0. The predicted molar refractivity (Wildman–Crippen MR) is 103 cm³/mol. The van der Waals surface area contributed by atoms with Crippen molar-refractivity contribution >= 4 is 16.1 Å². The third-order valence-corrected chi connectivity index (χ3v) is 13.6. The molecule has 1 unspecified atom stereocenters. The maximum atomic E-state index is 8.68. The van der Waals surface area contributed by atoms with E-state index in [2.05, 4.69) is 91.1 Å². The van der Waals surface area contributed by atoms with Gasteiger partial charge in [0.2, 0.25) is 0 Å². The lowest BCUT2D eigenvalue weighted by atomic mass is 10.1. The summed E-state index contributed by atoms with van der Waals surface area (Å²) in [6.07, 6.45) is 3.49. The fourth-order valence-electron chi connectivity index (χ4n) is 1.20. The Morgan fingerprint density at radius 2 is 1.29 bits per heavy atom. The number of hydrogen-bond acceptors (Lipinski definition) is 2. The molecule has 0 aliphatic carbocycles. The maximum Gasteiger partial charge on any atom is 0.113 e. The second-order valence-corrected chi connectivity index (χ2v) is 20.5. The Bertz CT molecular complexity index is 334. The number of rotatable bonds is 6. The first-order chi connectivity index (χ1) is 9.08. The molecule has 0 saturated carbocycles. The Labute approximate surface area is 135 Å². The minimum absolute atomic E-state index is 0.00347. The van der Waals surface area contributed by atoms with Crippen LogP contribution in [0.2, 0.25) is 49.4 Å². The molecule has 0 aliphatic rings. The summed E-state index contributed by atoms with van der Waals surface area (Å²) >= 11 is 0. The summed E-state index contributed by atoms with van der Waals surface area (Å²) < 4.78 is 0. The second-order valence-electron chi connectivity index (χ2n) is 8.91. The van der Waals surface area contributed by atoms with Crippen molar-refractivity contribution in [2.45, 2.75) is 83.2 Å². The van der Waals surface area contributed by atoms with Gasteiger partial charge >= 0.3 is 0 Å². The molecule has 0 aromatic rings. The van der Waals surface area contributed by atoms with Crippen LogP contribution in [0.25, 0.3) is 0 Å². The topological polar surface area (TPSA) is 29.5 Å². The van der Waals surface area contributed by atoms with E-state index in [1.54, 1.807) is 6.08 Å². The van der Waals surface area contributed by atoms with E-state index in [4.69, 9.17) is 5.26 Å². The summed E-state index contributed by atoms with van der Waals surface area (Å²) in [5.74, 6) is 0. The SMILES string of the molecule is C=CC(C)(C)[Si](C)(C)C.C=CC(OO)C(C)(C)[Si](C)(C)C. The van der Waals surface area contributed by atoms with Crippen molar-refractivity contribution in [3.05, 3.63) is 25.3 Å². The first-order valence-electron chi connectivity index (χ1n) is 7.65. The van der Waals surface area contributed by atoms with Gasteiger partial charge in [-0.05, 0) is 10.1 Å². The Balaban J connectivity index is 0. The molecule has 1 atom stereocenters. The van der Waals surface area contributed by atoms with Crippen LogP contribution >= 0.6 is 0 Å². The molecule has 1 N–H and O–H groups in total. The van der Waals surface area contributed by atoms with Gasteiger partial charge in [0.05, 0.1) is 16.1 Å². The van der Waals surface area contributed by atoms with Crippen LogP contribution in [0, 0.1) is 0 Å². The Hall–Kier alpha value is -0.166. The molecule has 0 radical (unpaired) electrons. The molecule has 0 spiro atoms. The molecule has 0 heterocycles. The van der Waals surface area contributed by atoms with Crippen LogP contribution < -0.4 is 0 Å². The molecule has 0 aliphatic heterocycles. The average Bonchev–Trinajstić information content (AvgIpc) is 2.28. The molecule has 0 bridgehead atoms. The van der Waals surface area contributed by atoms with Gasteiger partial charge in [0, 0.05) is 0 Å². The first-order valence-corrected chi connectivity index (χ1v) is 14.6. The quantitative estimate of drug-likeness (QED) is 0.263. The van der Waals surface area contributed by atoms with Crippen LogP contribution in [0.5, 0.6) is 0 Å². The van der Waals surface area contributed by atoms with Gasteiger partial charge in [0.25, 0.3) is 0 Å². The number of hydrogen-bond donors (Lipinski definition) is 1. The zero-order chi connectivity index (χ0) is 17.7. The van der Waals surface area contributed by atoms with Crippen molar-refractivity contribution in [3.8, 4) is 0 Å². The highest BCUT2D eigenvalue weighted by atomic mass is 28.3. The Morgan fingerprint density at radius 3 is 1.33 bits per heavy atom. The van der Waals surface area contributed by atoms with E-state index in [1.807, 2.05) is 0 Å². The van der Waals surface area contributed by atoms with Crippen molar-refractivity contribution in [2.24, 2.45) is 0 Å². The summed E-state index contributed by atoms with van der Waals surface area (Å²) in [6.45, 7) is 30.1. The van der Waals surface area contributed by atoms with E-state index in [0.29, 0.717) is 5.04 Å². The summed E-state index contributed by atoms with van der Waals surface area (Å²) in [6, 6.07) is 0. The molecule has 2 nitrogen and oxygen atoms in total. The molecule has 21 heavy (non-hydrogen) atoms. The van der Waals surface area contributed by atoms with Crippen molar-refractivity contribution in [3.63, 3.8) is 0 Å². The normalized spacial score (nSPS) is 14.8. The van der Waals surface area contributed by atoms with Crippen molar-refractivity contribution in [2.75, 3.05) is 0 Å². The lowest BCUT2D eigenvalue weighted by Gasteiger charge is -2.40. The average molecular weight is 331 g/mol. The van der Waals surface area contributed by atoms with Crippen molar-refractivity contribution < 1.29 is 10.1 Å². The summed E-state index contributed by atoms with van der Waals surface area (Å²) in [4.78, 5) is 4.41. The van der Waals surface area contributed by atoms with Gasteiger partial charge in [-0.1, -0.05) is 79.1 Å². The molecule has 4 heteroatoms. The molecule has 0 amide bonds. The molecular weight excluding hydrogens is 292 g/mol. The molecule has 0 saturated heterocycles. The first kappa shape index (κ1) is 23.1. The highest BCUT2D eigenvalue weighted by molar-refractivity contribution is 6.79. The Kier molecular flexibility index (Phi) is 8.70. The fourth-order valence-corrected chi connectivity index (χ4v) is 2.84. The summed E-state index contributed by atoms with van der Waals surface area (Å²) in [7, 11) is -2.35. The van der Waals surface area contributed by atoms with Crippen LogP contribution in [0.1, 0.15) is 27.7 Å². The molecule has 0 rings (SSSR count). The van der Waals surface area contributed by atoms with E-state index in [0.717, 1.165) is 0 Å². The minimum Gasteiger partial charge on any atom is -0.251 e. The van der Waals surface area contributed by atoms with Crippen LogP contribution in [-0.2, 0) is 4.89 Å². The fraction of sp³-hybridized carbons (Fsp3) is 0.765. The van der Waals surface area contributed by atoms with E-state index in [-0.39, 0.29) is 11.1 Å².